The zero-order chi connectivity index (χ0) is 20.0. The van der Waals surface area contributed by atoms with Gasteiger partial charge in [-0.05, 0) is 42.7 Å². The summed E-state index contributed by atoms with van der Waals surface area (Å²) in [7, 11) is 0. The number of nitrogens with one attached hydrogen (secondary N) is 1. The largest absolute Gasteiger partial charge is 0.454 e. The highest BCUT2D eigenvalue weighted by molar-refractivity contribution is 7.22. The Morgan fingerprint density at radius 1 is 1.28 bits per heavy atom. The number of aryl methyl sites for hydroxylation is 1. The van der Waals surface area contributed by atoms with E-state index in [1.807, 2.05) is 43.3 Å². The lowest BCUT2D eigenvalue weighted by molar-refractivity contribution is -0.133. The third-order valence-corrected chi connectivity index (χ3v) is 6.21. The Morgan fingerprint density at radius 3 is 3.00 bits per heavy atom. The van der Waals surface area contributed by atoms with Crippen molar-refractivity contribution < 1.29 is 19.1 Å². The van der Waals surface area contributed by atoms with Crippen molar-refractivity contribution >= 4 is 38.5 Å². The van der Waals surface area contributed by atoms with E-state index in [4.69, 9.17) is 9.47 Å². The standard InChI is InChI=1S/C21H19N3O4S/c1-12-3-2-4-17-19(12)22-21(29-17)23-20(26)14-6-8-18(25)24(14)10-13-5-7-15-16(9-13)28-11-27-15/h2-5,7,9,14H,6,8,10-11H2,1H3,(H,22,23,26). The molecule has 0 saturated carbocycles. The number of hydrogen-bond acceptors (Lipinski definition) is 6. The molecule has 2 aromatic carbocycles. The Kier molecular flexibility index (Phi) is 4.35. The molecule has 1 fully saturated rings. The van der Waals surface area contributed by atoms with Crippen LogP contribution in [0.25, 0.3) is 10.2 Å². The van der Waals surface area contributed by atoms with Gasteiger partial charge in [0.15, 0.2) is 16.6 Å². The molecule has 1 saturated heterocycles. The van der Waals surface area contributed by atoms with Crippen LogP contribution in [-0.2, 0) is 16.1 Å². The maximum atomic E-state index is 12.9. The molecule has 1 atom stereocenters. The Labute approximate surface area is 171 Å². The molecule has 2 amide bonds. The number of para-hydroxylation sites is 1. The average Bonchev–Trinajstić information content (AvgIpc) is 3.41. The van der Waals surface area contributed by atoms with Gasteiger partial charge in [0.25, 0.3) is 0 Å². The fourth-order valence-corrected chi connectivity index (χ4v) is 4.72. The predicted molar refractivity (Wildman–Crippen MR) is 109 cm³/mol. The first-order valence-corrected chi connectivity index (χ1v) is 10.2. The predicted octanol–water partition coefficient (Wildman–Crippen LogP) is 3.46. The van der Waals surface area contributed by atoms with Crippen molar-refractivity contribution in [2.24, 2.45) is 0 Å². The molecular formula is C21H19N3O4S. The summed E-state index contributed by atoms with van der Waals surface area (Å²) in [6.07, 6.45) is 0.862. The van der Waals surface area contributed by atoms with Crippen LogP contribution < -0.4 is 14.8 Å². The second kappa shape index (κ2) is 7.04. The van der Waals surface area contributed by atoms with Gasteiger partial charge >= 0.3 is 0 Å². The van der Waals surface area contributed by atoms with E-state index >= 15 is 0 Å². The molecule has 2 aliphatic rings. The number of aromatic nitrogens is 1. The van der Waals surface area contributed by atoms with Gasteiger partial charge < -0.3 is 19.7 Å². The van der Waals surface area contributed by atoms with E-state index in [1.54, 1.807) is 4.90 Å². The van der Waals surface area contributed by atoms with Gasteiger partial charge in [-0.2, -0.15) is 0 Å². The molecule has 1 aromatic heterocycles. The molecule has 0 bridgehead atoms. The molecule has 1 N–H and O–H groups in total. The Hall–Kier alpha value is -3.13. The molecule has 1 unspecified atom stereocenters. The third-order valence-electron chi connectivity index (χ3n) is 5.27. The van der Waals surface area contributed by atoms with Crippen LogP contribution in [0.4, 0.5) is 5.13 Å². The zero-order valence-corrected chi connectivity index (χ0v) is 16.6. The van der Waals surface area contributed by atoms with Gasteiger partial charge in [-0.15, -0.1) is 0 Å². The minimum Gasteiger partial charge on any atom is -0.454 e. The number of carbonyl (C=O) groups excluding carboxylic acids is 2. The normalized spacial score (nSPS) is 17.9. The van der Waals surface area contributed by atoms with Crippen LogP contribution >= 0.6 is 11.3 Å². The van der Waals surface area contributed by atoms with Crippen molar-refractivity contribution in [1.82, 2.24) is 9.88 Å². The van der Waals surface area contributed by atoms with Gasteiger partial charge in [0.05, 0.1) is 10.2 Å². The number of thiazole rings is 1. The van der Waals surface area contributed by atoms with E-state index in [1.165, 1.54) is 11.3 Å². The smallest absolute Gasteiger partial charge is 0.248 e. The van der Waals surface area contributed by atoms with Crippen LogP contribution in [0.1, 0.15) is 24.0 Å². The van der Waals surface area contributed by atoms with E-state index in [-0.39, 0.29) is 18.6 Å². The van der Waals surface area contributed by atoms with Crippen LogP contribution in [0, 0.1) is 6.92 Å². The van der Waals surface area contributed by atoms with Gasteiger partial charge in [-0.1, -0.05) is 29.5 Å². The van der Waals surface area contributed by atoms with Gasteiger partial charge in [0.1, 0.15) is 6.04 Å². The lowest BCUT2D eigenvalue weighted by atomic mass is 10.1. The minimum atomic E-state index is -0.513. The number of nitrogens with zero attached hydrogens (tertiary/aromatic N) is 2. The van der Waals surface area contributed by atoms with Gasteiger partial charge in [-0.3, -0.25) is 9.59 Å². The molecule has 3 heterocycles. The molecule has 148 valence electrons. The van der Waals surface area contributed by atoms with Crippen molar-refractivity contribution in [3.8, 4) is 11.5 Å². The van der Waals surface area contributed by atoms with Crippen LogP contribution in [0.2, 0.25) is 0 Å². The SMILES string of the molecule is Cc1cccc2sc(NC(=O)C3CCC(=O)N3Cc3ccc4c(c3)OCO4)nc12. The topological polar surface area (TPSA) is 80.8 Å². The molecule has 0 radical (unpaired) electrons. The number of fused-ring (bicyclic) bond motifs is 2. The Bertz CT molecular complexity index is 1130. The summed E-state index contributed by atoms with van der Waals surface area (Å²) in [5, 5.41) is 3.47. The summed E-state index contributed by atoms with van der Waals surface area (Å²) in [5.74, 6) is 1.14. The first kappa shape index (κ1) is 17.9. The number of rotatable bonds is 4. The highest BCUT2D eigenvalue weighted by Crippen LogP contribution is 2.34. The summed E-state index contributed by atoms with van der Waals surface area (Å²) in [6.45, 7) is 2.55. The second-order valence-electron chi connectivity index (χ2n) is 7.19. The van der Waals surface area contributed by atoms with Crippen LogP contribution in [-0.4, -0.2) is 34.5 Å². The number of benzene rings is 2. The summed E-state index contributed by atoms with van der Waals surface area (Å²) in [5.41, 5.74) is 2.87. The van der Waals surface area contributed by atoms with Gasteiger partial charge in [-0.25, -0.2) is 4.98 Å². The van der Waals surface area contributed by atoms with Crippen LogP contribution in [0.15, 0.2) is 36.4 Å². The molecule has 2 aliphatic heterocycles. The molecule has 0 aliphatic carbocycles. The highest BCUT2D eigenvalue weighted by Gasteiger charge is 2.36. The van der Waals surface area contributed by atoms with Crippen molar-refractivity contribution in [3.63, 3.8) is 0 Å². The molecule has 0 spiro atoms. The second-order valence-corrected chi connectivity index (χ2v) is 8.22. The molecule has 7 nitrogen and oxygen atoms in total. The molecular weight excluding hydrogens is 390 g/mol. The van der Waals surface area contributed by atoms with Crippen molar-refractivity contribution in [3.05, 3.63) is 47.5 Å². The summed E-state index contributed by atoms with van der Waals surface area (Å²) >= 11 is 1.44. The fourth-order valence-electron chi connectivity index (χ4n) is 3.77. The highest BCUT2D eigenvalue weighted by atomic mass is 32.1. The number of anilines is 1. The van der Waals surface area contributed by atoms with E-state index in [0.29, 0.717) is 36.0 Å². The Morgan fingerprint density at radius 2 is 2.14 bits per heavy atom. The summed E-state index contributed by atoms with van der Waals surface area (Å²) in [6, 6.07) is 11.0. The van der Waals surface area contributed by atoms with Crippen molar-refractivity contribution in [2.45, 2.75) is 32.4 Å². The maximum Gasteiger partial charge on any atom is 0.248 e. The van der Waals surface area contributed by atoms with E-state index in [0.717, 1.165) is 21.3 Å². The maximum absolute atomic E-state index is 12.9. The molecule has 3 aromatic rings. The molecule has 29 heavy (non-hydrogen) atoms. The van der Waals surface area contributed by atoms with E-state index in [2.05, 4.69) is 10.3 Å². The fraction of sp³-hybridized carbons (Fsp3) is 0.286. The number of hydrogen-bond donors (Lipinski definition) is 1. The summed E-state index contributed by atoms with van der Waals surface area (Å²) < 4.78 is 11.8. The quantitative estimate of drug-likeness (QED) is 0.714. The minimum absolute atomic E-state index is 0.0250. The van der Waals surface area contributed by atoms with Crippen molar-refractivity contribution in [1.29, 1.82) is 0 Å². The van der Waals surface area contributed by atoms with E-state index < -0.39 is 6.04 Å². The van der Waals surface area contributed by atoms with Crippen LogP contribution in [0.3, 0.4) is 0 Å². The third kappa shape index (κ3) is 3.29. The number of amides is 2. The number of ether oxygens (including phenoxy) is 2. The lowest BCUT2D eigenvalue weighted by Crippen LogP contribution is -2.41. The van der Waals surface area contributed by atoms with Crippen molar-refractivity contribution in [2.75, 3.05) is 12.1 Å². The monoisotopic (exact) mass is 409 g/mol. The number of likely N-dealkylation sites (tertiary alicyclic amines) is 1. The van der Waals surface area contributed by atoms with Gasteiger partial charge in [0, 0.05) is 13.0 Å². The summed E-state index contributed by atoms with van der Waals surface area (Å²) in [4.78, 5) is 31.5. The lowest BCUT2D eigenvalue weighted by Gasteiger charge is -2.23. The average molecular weight is 409 g/mol. The van der Waals surface area contributed by atoms with E-state index in [9.17, 15) is 9.59 Å². The Balaban J connectivity index is 1.34. The first-order chi connectivity index (χ1) is 14.1. The number of carbonyl (C=O) groups is 2. The molecule has 5 rings (SSSR count). The molecule has 8 heteroatoms. The zero-order valence-electron chi connectivity index (χ0n) is 15.8. The van der Waals surface area contributed by atoms with Gasteiger partial charge in [0.2, 0.25) is 18.6 Å². The first-order valence-electron chi connectivity index (χ1n) is 9.43. The van der Waals surface area contributed by atoms with Crippen LogP contribution in [0.5, 0.6) is 11.5 Å².